The van der Waals surface area contributed by atoms with E-state index in [4.69, 9.17) is 5.73 Å². The van der Waals surface area contributed by atoms with Gasteiger partial charge < -0.3 is 15.7 Å². The highest BCUT2D eigenvalue weighted by molar-refractivity contribution is 5.97. The number of amides is 1. The Hall–Kier alpha value is -1.62. The van der Waals surface area contributed by atoms with Crippen molar-refractivity contribution >= 4 is 5.91 Å². The average Bonchev–Trinajstić information content (AvgIpc) is 2.90. The van der Waals surface area contributed by atoms with Gasteiger partial charge in [-0.05, 0) is 50.4 Å². The van der Waals surface area contributed by atoms with Gasteiger partial charge in [0.2, 0.25) is 0 Å². The summed E-state index contributed by atoms with van der Waals surface area (Å²) in [6, 6.07) is 3.53. The van der Waals surface area contributed by atoms with Crippen LogP contribution in [-0.4, -0.2) is 35.0 Å². The SMILES string of the molecule is CCN(C(=O)c1cc(F)ccc1O)C1CCCC1CN. The Morgan fingerprint density at radius 3 is 2.90 bits per heavy atom. The fraction of sp³-hybridized carbons (Fsp3) is 0.533. The lowest BCUT2D eigenvalue weighted by Crippen LogP contribution is -2.44. The van der Waals surface area contributed by atoms with Crippen molar-refractivity contribution in [3.8, 4) is 5.75 Å². The number of rotatable bonds is 4. The standard InChI is InChI=1S/C15H21FN2O2/c1-2-18(13-5-3-4-10(13)9-17)15(20)12-8-11(16)6-7-14(12)19/h6-8,10,13,19H,2-5,9,17H2,1H3. The van der Waals surface area contributed by atoms with Crippen molar-refractivity contribution in [1.82, 2.24) is 4.90 Å². The van der Waals surface area contributed by atoms with Crippen LogP contribution in [0, 0.1) is 11.7 Å². The molecular weight excluding hydrogens is 259 g/mol. The lowest BCUT2D eigenvalue weighted by atomic mass is 10.0. The zero-order valence-corrected chi connectivity index (χ0v) is 11.7. The minimum Gasteiger partial charge on any atom is -0.507 e. The van der Waals surface area contributed by atoms with Gasteiger partial charge in [0.15, 0.2) is 0 Å². The highest BCUT2D eigenvalue weighted by Gasteiger charge is 2.34. The van der Waals surface area contributed by atoms with Crippen LogP contribution in [0.2, 0.25) is 0 Å². The zero-order valence-electron chi connectivity index (χ0n) is 11.7. The number of nitrogens with zero attached hydrogens (tertiary/aromatic N) is 1. The molecule has 0 bridgehead atoms. The Bertz CT molecular complexity index is 493. The van der Waals surface area contributed by atoms with Crippen LogP contribution in [-0.2, 0) is 0 Å². The topological polar surface area (TPSA) is 66.6 Å². The molecule has 0 aliphatic heterocycles. The number of carbonyl (C=O) groups is 1. The van der Waals surface area contributed by atoms with Crippen LogP contribution < -0.4 is 5.73 Å². The van der Waals surface area contributed by atoms with E-state index < -0.39 is 5.82 Å². The Labute approximate surface area is 118 Å². The quantitative estimate of drug-likeness (QED) is 0.887. The van der Waals surface area contributed by atoms with Crippen molar-refractivity contribution in [2.45, 2.75) is 32.2 Å². The molecule has 1 saturated carbocycles. The van der Waals surface area contributed by atoms with E-state index in [1.54, 1.807) is 4.90 Å². The molecule has 2 atom stereocenters. The summed E-state index contributed by atoms with van der Waals surface area (Å²) in [6.45, 7) is 2.96. The van der Waals surface area contributed by atoms with E-state index >= 15 is 0 Å². The van der Waals surface area contributed by atoms with Crippen molar-refractivity contribution < 1.29 is 14.3 Å². The molecule has 0 saturated heterocycles. The van der Waals surface area contributed by atoms with Gasteiger partial charge in [0.05, 0.1) is 5.56 Å². The first kappa shape index (κ1) is 14.8. The van der Waals surface area contributed by atoms with Gasteiger partial charge in [0, 0.05) is 12.6 Å². The van der Waals surface area contributed by atoms with Gasteiger partial charge in [-0.2, -0.15) is 0 Å². The third-order valence-corrected chi connectivity index (χ3v) is 4.11. The average molecular weight is 280 g/mol. The minimum atomic E-state index is -0.524. The molecule has 0 aromatic heterocycles. The van der Waals surface area contributed by atoms with Gasteiger partial charge in [0.1, 0.15) is 11.6 Å². The number of hydrogen-bond donors (Lipinski definition) is 2. The second-order valence-electron chi connectivity index (χ2n) is 5.25. The van der Waals surface area contributed by atoms with E-state index in [2.05, 4.69) is 0 Å². The molecule has 1 aromatic carbocycles. The first-order valence-electron chi connectivity index (χ1n) is 7.08. The third kappa shape index (κ3) is 2.77. The van der Waals surface area contributed by atoms with Crippen LogP contribution in [0.4, 0.5) is 4.39 Å². The van der Waals surface area contributed by atoms with Crippen LogP contribution in [0.5, 0.6) is 5.75 Å². The molecule has 0 heterocycles. The number of hydrogen-bond acceptors (Lipinski definition) is 3. The summed E-state index contributed by atoms with van der Waals surface area (Å²) in [5.74, 6) is -0.745. The third-order valence-electron chi connectivity index (χ3n) is 4.11. The normalized spacial score (nSPS) is 21.9. The minimum absolute atomic E-state index is 0.0227. The first-order chi connectivity index (χ1) is 9.58. The highest BCUT2D eigenvalue weighted by Crippen LogP contribution is 2.31. The molecule has 4 nitrogen and oxygen atoms in total. The molecule has 1 aliphatic rings. The van der Waals surface area contributed by atoms with E-state index in [-0.39, 0.29) is 29.2 Å². The molecule has 110 valence electrons. The van der Waals surface area contributed by atoms with Crippen LogP contribution in [0.25, 0.3) is 0 Å². The molecule has 2 rings (SSSR count). The van der Waals surface area contributed by atoms with Crippen molar-refractivity contribution in [2.75, 3.05) is 13.1 Å². The summed E-state index contributed by atoms with van der Waals surface area (Å²) >= 11 is 0. The second-order valence-corrected chi connectivity index (χ2v) is 5.25. The summed E-state index contributed by atoms with van der Waals surface area (Å²) in [6.07, 6.45) is 2.98. The molecule has 0 radical (unpaired) electrons. The van der Waals surface area contributed by atoms with E-state index in [1.807, 2.05) is 6.92 Å². The molecule has 1 aliphatic carbocycles. The lowest BCUT2D eigenvalue weighted by molar-refractivity contribution is 0.0648. The van der Waals surface area contributed by atoms with Gasteiger partial charge in [-0.3, -0.25) is 4.79 Å². The Morgan fingerprint density at radius 1 is 1.50 bits per heavy atom. The molecule has 1 fully saturated rings. The second kappa shape index (κ2) is 6.22. The van der Waals surface area contributed by atoms with Gasteiger partial charge >= 0.3 is 0 Å². The van der Waals surface area contributed by atoms with Crippen LogP contribution in [0.3, 0.4) is 0 Å². The maximum Gasteiger partial charge on any atom is 0.257 e. The fourth-order valence-corrected chi connectivity index (χ4v) is 3.07. The molecule has 2 unspecified atom stereocenters. The number of phenols is 1. The Kier molecular flexibility index (Phi) is 4.60. The maximum atomic E-state index is 13.3. The van der Waals surface area contributed by atoms with Crippen molar-refractivity contribution in [1.29, 1.82) is 0 Å². The number of benzene rings is 1. The number of aromatic hydroxyl groups is 1. The smallest absolute Gasteiger partial charge is 0.257 e. The molecule has 0 spiro atoms. The van der Waals surface area contributed by atoms with Gasteiger partial charge in [-0.15, -0.1) is 0 Å². The number of phenolic OH excluding ortho intramolecular Hbond substituents is 1. The molecule has 1 amide bonds. The van der Waals surface area contributed by atoms with E-state index in [0.29, 0.717) is 13.1 Å². The van der Waals surface area contributed by atoms with Gasteiger partial charge in [-0.1, -0.05) is 6.42 Å². The van der Waals surface area contributed by atoms with Crippen molar-refractivity contribution in [2.24, 2.45) is 11.7 Å². The summed E-state index contributed by atoms with van der Waals surface area (Å²) < 4.78 is 13.3. The molecule has 1 aromatic rings. The largest absolute Gasteiger partial charge is 0.507 e. The highest BCUT2D eigenvalue weighted by atomic mass is 19.1. The Morgan fingerprint density at radius 2 is 2.25 bits per heavy atom. The fourth-order valence-electron chi connectivity index (χ4n) is 3.07. The summed E-state index contributed by atoms with van der Waals surface area (Å²) in [5, 5.41) is 9.78. The lowest BCUT2D eigenvalue weighted by Gasteiger charge is -2.32. The van der Waals surface area contributed by atoms with E-state index in [0.717, 1.165) is 31.4 Å². The summed E-state index contributed by atoms with van der Waals surface area (Å²) in [7, 11) is 0. The van der Waals surface area contributed by atoms with E-state index in [1.165, 1.54) is 6.07 Å². The zero-order chi connectivity index (χ0) is 14.7. The number of nitrogens with two attached hydrogens (primary N) is 1. The summed E-state index contributed by atoms with van der Waals surface area (Å²) in [4.78, 5) is 14.3. The van der Waals surface area contributed by atoms with E-state index in [9.17, 15) is 14.3 Å². The molecular formula is C15H21FN2O2. The monoisotopic (exact) mass is 280 g/mol. The first-order valence-corrected chi connectivity index (χ1v) is 7.08. The molecule has 3 N–H and O–H groups in total. The molecule has 5 heteroatoms. The van der Waals surface area contributed by atoms with Crippen molar-refractivity contribution in [3.05, 3.63) is 29.6 Å². The van der Waals surface area contributed by atoms with Gasteiger partial charge in [-0.25, -0.2) is 4.39 Å². The summed E-state index contributed by atoms with van der Waals surface area (Å²) in [5.41, 5.74) is 5.78. The molecule has 20 heavy (non-hydrogen) atoms. The maximum absolute atomic E-state index is 13.3. The number of carbonyl (C=O) groups excluding carboxylic acids is 1. The number of halogens is 1. The van der Waals surface area contributed by atoms with Crippen molar-refractivity contribution in [3.63, 3.8) is 0 Å². The Balaban J connectivity index is 2.27. The van der Waals surface area contributed by atoms with Crippen LogP contribution in [0.15, 0.2) is 18.2 Å². The van der Waals surface area contributed by atoms with Crippen LogP contribution >= 0.6 is 0 Å². The van der Waals surface area contributed by atoms with Crippen LogP contribution in [0.1, 0.15) is 36.5 Å². The predicted octanol–water partition coefficient (Wildman–Crippen LogP) is 2.12. The van der Waals surface area contributed by atoms with Gasteiger partial charge in [0.25, 0.3) is 5.91 Å². The predicted molar refractivity (Wildman–Crippen MR) is 75.0 cm³/mol.